The monoisotopic (exact) mass is 455 g/mol. The minimum atomic E-state index is -5.02. The van der Waals surface area contributed by atoms with E-state index in [-0.39, 0.29) is 5.82 Å². The molecule has 2 aliphatic rings. The Morgan fingerprint density at radius 1 is 1.33 bits per heavy atom. The second-order valence-corrected chi connectivity index (χ2v) is 8.15. The Bertz CT molecular complexity index is 869. The SMILES string of the molecule is Nc1ccn([C@@H]2O[C@H](COP(=O)(O)O[C@]3(O)C[C@H](O)[C@@H](CO)O3)[C@@H](O)[C@H]2O)c(=O)n1. The molecule has 170 valence electrons. The van der Waals surface area contributed by atoms with E-state index in [2.05, 4.69) is 14.0 Å². The molecule has 1 aromatic rings. The van der Waals surface area contributed by atoms with E-state index in [1.807, 2.05) is 0 Å². The summed E-state index contributed by atoms with van der Waals surface area (Å²) in [5, 5.41) is 48.9. The first-order valence-electron chi connectivity index (χ1n) is 8.68. The maximum Gasteiger partial charge on any atom is 0.476 e. The number of aliphatic hydroxyl groups excluding tert-OH is 4. The molecule has 3 heterocycles. The number of rotatable bonds is 7. The number of nitrogens with zero attached hydrogens (tertiary/aromatic N) is 2. The van der Waals surface area contributed by atoms with Gasteiger partial charge in [-0.1, -0.05) is 0 Å². The number of hydrogen-bond donors (Lipinski definition) is 7. The molecular weight excluding hydrogens is 433 g/mol. The highest BCUT2D eigenvalue weighted by atomic mass is 31.2. The number of aromatic nitrogens is 2. The second-order valence-electron chi connectivity index (χ2n) is 6.77. The van der Waals surface area contributed by atoms with Crippen molar-refractivity contribution in [1.29, 1.82) is 0 Å². The lowest BCUT2D eigenvalue weighted by Gasteiger charge is -2.25. The Balaban J connectivity index is 1.62. The molecule has 0 spiro atoms. The minimum absolute atomic E-state index is 0.0665. The number of hydrogen-bond acceptors (Lipinski definition) is 13. The van der Waals surface area contributed by atoms with Crippen LogP contribution in [0, 0.1) is 0 Å². The van der Waals surface area contributed by atoms with Crippen molar-refractivity contribution < 1.29 is 53.5 Å². The summed E-state index contributed by atoms with van der Waals surface area (Å²) in [7, 11) is -5.02. The van der Waals surface area contributed by atoms with E-state index in [0.29, 0.717) is 0 Å². The van der Waals surface area contributed by atoms with Gasteiger partial charge in [0, 0.05) is 6.20 Å². The Kier molecular flexibility index (Phi) is 6.62. The van der Waals surface area contributed by atoms with Gasteiger partial charge in [-0.25, -0.2) is 13.9 Å². The van der Waals surface area contributed by atoms with Crippen LogP contribution in [0.25, 0.3) is 0 Å². The zero-order valence-electron chi connectivity index (χ0n) is 15.3. The van der Waals surface area contributed by atoms with Gasteiger partial charge in [0.15, 0.2) is 6.23 Å². The molecule has 8 N–H and O–H groups in total. The fourth-order valence-electron chi connectivity index (χ4n) is 3.07. The standard InChI is InChI=1S/C14H22N3O12P/c15-9-1-2-17(13(22)16-9)12-11(21)10(20)8(27-12)5-26-30(24,25)29-14(23)3-6(19)7(4-18)28-14/h1-2,6-8,10-12,18-21,23H,3-5H2,(H,24,25)(H2,15,16,22)/t6-,7+,8+,10+,11+,12+,14-/m0/s1. The Labute approximate surface area is 168 Å². The van der Waals surface area contributed by atoms with Crippen LogP contribution in [0.3, 0.4) is 0 Å². The van der Waals surface area contributed by atoms with Gasteiger partial charge in [-0.05, 0) is 6.07 Å². The fourth-order valence-corrected chi connectivity index (χ4v) is 3.93. The number of phosphoric acid groups is 1. The van der Waals surface area contributed by atoms with E-state index < -0.39 is 75.9 Å². The van der Waals surface area contributed by atoms with Crippen LogP contribution in [-0.4, -0.2) is 89.7 Å². The van der Waals surface area contributed by atoms with Crippen LogP contribution in [0.5, 0.6) is 0 Å². The zero-order chi connectivity index (χ0) is 22.3. The highest BCUT2D eigenvalue weighted by molar-refractivity contribution is 7.47. The van der Waals surface area contributed by atoms with Gasteiger partial charge < -0.3 is 45.6 Å². The number of ether oxygens (including phenoxy) is 2. The molecule has 0 radical (unpaired) electrons. The Morgan fingerprint density at radius 2 is 2.03 bits per heavy atom. The lowest BCUT2D eigenvalue weighted by Crippen LogP contribution is -2.36. The molecule has 0 aliphatic carbocycles. The quantitative estimate of drug-likeness (QED) is 0.155. The first-order chi connectivity index (χ1) is 13.9. The molecule has 2 saturated heterocycles. The number of nitrogens with two attached hydrogens (primary N) is 1. The van der Waals surface area contributed by atoms with Crippen molar-refractivity contribution in [2.24, 2.45) is 0 Å². The molecular formula is C14H22N3O12P. The van der Waals surface area contributed by atoms with Crippen molar-refractivity contribution in [3.63, 3.8) is 0 Å². The number of aliphatic hydroxyl groups is 5. The summed E-state index contributed by atoms with van der Waals surface area (Å²) in [5.41, 5.74) is 4.53. The molecule has 0 saturated carbocycles. The lowest BCUT2D eigenvalue weighted by molar-refractivity contribution is -0.316. The molecule has 0 bridgehead atoms. The van der Waals surface area contributed by atoms with Crippen LogP contribution in [0.1, 0.15) is 12.6 Å². The fraction of sp³-hybridized carbons (Fsp3) is 0.714. The third-order valence-corrected chi connectivity index (χ3v) is 5.53. The highest BCUT2D eigenvalue weighted by Crippen LogP contribution is 2.50. The summed E-state index contributed by atoms with van der Waals surface area (Å²) in [6, 6.07) is 1.26. The van der Waals surface area contributed by atoms with Gasteiger partial charge in [0.05, 0.1) is 25.7 Å². The predicted octanol–water partition coefficient (Wildman–Crippen LogP) is -3.63. The normalized spacial score (nSPS) is 38.6. The summed E-state index contributed by atoms with van der Waals surface area (Å²) in [5.74, 6) is -2.76. The van der Waals surface area contributed by atoms with Crippen LogP contribution >= 0.6 is 7.82 Å². The average Bonchev–Trinajstić information content (AvgIpc) is 3.09. The molecule has 0 aromatic carbocycles. The van der Waals surface area contributed by atoms with Crippen molar-refractivity contribution in [2.75, 3.05) is 18.9 Å². The van der Waals surface area contributed by atoms with E-state index in [1.165, 1.54) is 12.3 Å². The summed E-state index contributed by atoms with van der Waals surface area (Å²) in [4.78, 5) is 25.2. The maximum atomic E-state index is 12.1. The first kappa shape index (κ1) is 23.2. The molecule has 1 unspecified atom stereocenters. The molecule has 15 nitrogen and oxygen atoms in total. The van der Waals surface area contributed by atoms with Crippen LogP contribution < -0.4 is 11.4 Å². The van der Waals surface area contributed by atoms with E-state index in [1.54, 1.807) is 0 Å². The number of nitrogen functional groups attached to an aromatic ring is 1. The number of anilines is 1. The molecule has 2 aliphatic heterocycles. The van der Waals surface area contributed by atoms with Crippen LogP contribution in [0.2, 0.25) is 0 Å². The summed E-state index contributed by atoms with van der Waals surface area (Å²) < 4.78 is 32.3. The largest absolute Gasteiger partial charge is 0.476 e. The van der Waals surface area contributed by atoms with E-state index in [0.717, 1.165) is 4.57 Å². The van der Waals surface area contributed by atoms with Crippen molar-refractivity contribution in [1.82, 2.24) is 9.55 Å². The minimum Gasteiger partial charge on any atom is -0.394 e. The van der Waals surface area contributed by atoms with E-state index >= 15 is 0 Å². The molecule has 30 heavy (non-hydrogen) atoms. The van der Waals surface area contributed by atoms with Crippen molar-refractivity contribution in [3.8, 4) is 0 Å². The third-order valence-electron chi connectivity index (χ3n) is 4.53. The summed E-state index contributed by atoms with van der Waals surface area (Å²) in [6.07, 6.45) is -8.02. The second kappa shape index (κ2) is 8.57. The van der Waals surface area contributed by atoms with Crippen molar-refractivity contribution in [3.05, 3.63) is 22.7 Å². The van der Waals surface area contributed by atoms with Crippen molar-refractivity contribution in [2.45, 2.75) is 49.1 Å². The van der Waals surface area contributed by atoms with Crippen LogP contribution in [0.4, 0.5) is 5.82 Å². The van der Waals surface area contributed by atoms with Gasteiger partial charge >= 0.3 is 13.5 Å². The summed E-state index contributed by atoms with van der Waals surface area (Å²) >= 11 is 0. The topological polar surface area (TPSA) is 236 Å². The van der Waals surface area contributed by atoms with Gasteiger partial charge in [-0.2, -0.15) is 4.98 Å². The highest BCUT2D eigenvalue weighted by Gasteiger charge is 2.51. The summed E-state index contributed by atoms with van der Waals surface area (Å²) in [6.45, 7) is -1.47. The molecule has 8 atom stereocenters. The van der Waals surface area contributed by atoms with Gasteiger partial charge in [0.1, 0.15) is 30.2 Å². The predicted molar refractivity (Wildman–Crippen MR) is 93.2 cm³/mol. The number of phosphoric ester groups is 1. The lowest BCUT2D eigenvalue weighted by atomic mass is 10.1. The molecule has 1 aromatic heterocycles. The van der Waals surface area contributed by atoms with Crippen LogP contribution in [0.15, 0.2) is 17.1 Å². The van der Waals surface area contributed by atoms with E-state index in [4.69, 9.17) is 20.3 Å². The Hall–Kier alpha value is -1.49. The zero-order valence-corrected chi connectivity index (χ0v) is 16.2. The van der Waals surface area contributed by atoms with Gasteiger partial charge in [-0.15, -0.1) is 0 Å². The molecule has 3 rings (SSSR count). The van der Waals surface area contributed by atoms with Crippen molar-refractivity contribution >= 4 is 13.6 Å². The van der Waals surface area contributed by atoms with Crippen LogP contribution in [-0.2, 0) is 23.1 Å². The first-order valence-corrected chi connectivity index (χ1v) is 10.2. The average molecular weight is 455 g/mol. The maximum absolute atomic E-state index is 12.1. The molecule has 16 heteroatoms. The van der Waals surface area contributed by atoms with E-state index in [9.17, 15) is 34.7 Å². The Morgan fingerprint density at radius 3 is 2.63 bits per heavy atom. The third kappa shape index (κ3) is 4.87. The smallest absolute Gasteiger partial charge is 0.394 e. The van der Waals surface area contributed by atoms with Gasteiger partial charge in [0.2, 0.25) is 0 Å². The molecule has 0 amide bonds. The molecule has 2 fully saturated rings. The van der Waals surface area contributed by atoms with Gasteiger partial charge in [0.25, 0.3) is 5.97 Å². The van der Waals surface area contributed by atoms with Gasteiger partial charge in [-0.3, -0.25) is 9.09 Å².